The van der Waals surface area contributed by atoms with Gasteiger partial charge in [-0.1, -0.05) is 13.8 Å². The maximum Gasteiger partial charge on any atom is 0.407 e. The Kier molecular flexibility index (Phi) is 8.30. The van der Waals surface area contributed by atoms with Gasteiger partial charge in [-0.2, -0.15) is 0 Å². The number of nitrogens with one attached hydrogen (secondary N) is 3. The third kappa shape index (κ3) is 6.17. The molecule has 3 amide bonds. The van der Waals surface area contributed by atoms with Crippen LogP contribution in [0.4, 0.5) is 4.79 Å². The highest BCUT2D eigenvalue weighted by Crippen LogP contribution is 2.09. The van der Waals surface area contributed by atoms with Crippen LogP contribution in [0, 0.1) is 5.92 Å². The van der Waals surface area contributed by atoms with Gasteiger partial charge in [0.05, 0.1) is 6.61 Å². The molecule has 1 rings (SSSR count). The molecule has 10 heteroatoms. The molecule has 1 aliphatic rings. The minimum Gasteiger partial charge on any atom is -0.480 e. The van der Waals surface area contributed by atoms with Crippen molar-refractivity contribution in [2.24, 2.45) is 5.92 Å². The molecule has 0 saturated carbocycles. The van der Waals surface area contributed by atoms with Gasteiger partial charge in [0.2, 0.25) is 5.91 Å². The molecule has 2 unspecified atom stereocenters. The number of rotatable bonds is 7. The van der Waals surface area contributed by atoms with E-state index in [4.69, 9.17) is 9.84 Å². The number of aliphatic carboxylic acids is 1. The van der Waals surface area contributed by atoms with E-state index in [0.29, 0.717) is 19.4 Å². The highest BCUT2D eigenvalue weighted by Gasteiger charge is 2.32. The normalized spacial score (nSPS) is 19.4. The van der Waals surface area contributed by atoms with Gasteiger partial charge in [0.15, 0.2) is 0 Å². The van der Waals surface area contributed by atoms with Crippen LogP contribution in [0.15, 0.2) is 0 Å². The van der Waals surface area contributed by atoms with Crippen molar-refractivity contribution < 1.29 is 29.0 Å². The fourth-order valence-corrected chi connectivity index (χ4v) is 2.56. The van der Waals surface area contributed by atoms with E-state index < -0.39 is 42.0 Å². The lowest BCUT2D eigenvalue weighted by atomic mass is 10.0. The van der Waals surface area contributed by atoms with E-state index in [2.05, 4.69) is 16.1 Å². The Morgan fingerprint density at radius 3 is 2.42 bits per heavy atom. The maximum atomic E-state index is 12.5. The summed E-state index contributed by atoms with van der Waals surface area (Å²) in [6, 6.07) is -2.57. The average molecular weight is 372 g/mol. The lowest BCUT2D eigenvalue weighted by Crippen LogP contribution is -2.60. The average Bonchev–Trinajstić information content (AvgIpc) is 2.58. The lowest BCUT2D eigenvalue weighted by molar-refractivity contribution is -0.148. The minimum atomic E-state index is -1.03. The van der Waals surface area contributed by atoms with E-state index in [0.717, 1.165) is 0 Å². The molecule has 1 fully saturated rings. The lowest BCUT2D eigenvalue weighted by Gasteiger charge is -2.34. The smallest absolute Gasteiger partial charge is 0.407 e. The zero-order valence-corrected chi connectivity index (χ0v) is 15.6. The van der Waals surface area contributed by atoms with Crippen LogP contribution in [0.25, 0.3) is 0 Å². The molecule has 0 spiro atoms. The molecule has 4 N–H and O–H groups in total. The second-order valence-electron chi connectivity index (χ2n) is 6.47. The Morgan fingerprint density at radius 2 is 1.88 bits per heavy atom. The van der Waals surface area contributed by atoms with E-state index in [1.165, 1.54) is 11.9 Å². The van der Waals surface area contributed by atoms with Crippen molar-refractivity contribution in [3.63, 3.8) is 0 Å². The Balaban J connectivity index is 2.66. The van der Waals surface area contributed by atoms with Crippen LogP contribution in [0.2, 0.25) is 0 Å². The van der Waals surface area contributed by atoms with Crippen molar-refractivity contribution in [3.8, 4) is 0 Å². The number of ether oxygens (including phenoxy) is 1. The summed E-state index contributed by atoms with van der Waals surface area (Å²) in [7, 11) is 0. The van der Waals surface area contributed by atoms with Gasteiger partial charge in [-0.25, -0.2) is 10.2 Å². The first kappa shape index (κ1) is 21.7. The molecule has 0 aromatic heterocycles. The first-order valence-corrected chi connectivity index (χ1v) is 8.71. The van der Waals surface area contributed by atoms with Gasteiger partial charge in [-0.05, 0) is 32.6 Å². The van der Waals surface area contributed by atoms with E-state index in [1.54, 1.807) is 20.8 Å². The molecule has 0 bridgehead atoms. The zero-order chi connectivity index (χ0) is 19.9. The number of hydrazine groups is 1. The maximum absolute atomic E-state index is 12.5. The summed E-state index contributed by atoms with van der Waals surface area (Å²) >= 11 is 0. The molecule has 0 radical (unpaired) electrons. The fourth-order valence-electron chi connectivity index (χ4n) is 2.56. The SMILES string of the molecule is CCOC(=O)NC(C(=O)N[C@@H](C)C(=O)N1CCCC(C(=O)O)N1)C(C)C. The molecule has 3 atom stereocenters. The van der Waals surface area contributed by atoms with E-state index >= 15 is 0 Å². The Labute approximate surface area is 152 Å². The molecule has 0 aromatic rings. The summed E-state index contributed by atoms with van der Waals surface area (Å²) in [5, 5.41) is 15.3. The van der Waals surface area contributed by atoms with Crippen molar-refractivity contribution in [2.75, 3.05) is 13.2 Å². The molecule has 0 aliphatic carbocycles. The molecular weight excluding hydrogens is 344 g/mol. The number of amides is 3. The van der Waals surface area contributed by atoms with Crippen LogP contribution in [0.5, 0.6) is 0 Å². The van der Waals surface area contributed by atoms with Crippen molar-refractivity contribution in [3.05, 3.63) is 0 Å². The highest BCUT2D eigenvalue weighted by molar-refractivity contribution is 5.91. The molecular formula is C16H28N4O6. The van der Waals surface area contributed by atoms with Crippen LogP contribution in [-0.4, -0.2) is 65.3 Å². The number of carbonyl (C=O) groups is 4. The zero-order valence-electron chi connectivity index (χ0n) is 15.6. The molecule has 1 aliphatic heterocycles. The predicted octanol–water partition coefficient (Wildman–Crippen LogP) is -0.158. The van der Waals surface area contributed by atoms with Crippen LogP contribution in [0.1, 0.15) is 40.5 Å². The number of carbonyl (C=O) groups excluding carboxylic acids is 3. The number of hydrogen-bond donors (Lipinski definition) is 4. The van der Waals surface area contributed by atoms with Gasteiger partial charge in [0.25, 0.3) is 5.91 Å². The monoisotopic (exact) mass is 372 g/mol. The van der Waals surface area contributed by atoms with Gasteiger partial charge < -0.3 is 20.5 Å². The first-order chi connectivity index (χ1) is 12.2. The number of hydrogen-bond acceptors (Lipinski definition) is 6. The summed E-state index contributed by atoms with van der Waals surface area (Å²) in [4.78, 5) is 47.5. The largest absolute Gasteiger partial charge is 0.480 e. The minimum absolute atomic E-state index is 0.179. The Hall–Kier alpha value is -2.36. The Bertz CT molecular complexity index is 539. The molecule has 0 aromatic carbocycles. The molecule has 1 heterocycles. The summed E-state index contributed by atoms with van der Waals surface area (Å²) in [5.74, 6) is -2.20. The van der Waals surface area contributed by atoms with E-state index in [1.807, 2.05) is 0 Å². The quantitative estimate of drug-likeness (QED) is 0.487. The van der Waals surface area contributed by atoms with Gasteiger partial charge in [-0.15, -0.1) is 0 Å². The third-order valence-electron chi connectivity index (χ3n) is 3.98. The third-order valence-corrected chi connectivity index (χ3v) is 3.98. The molecule has 1 saturated heterocycles. The summed E-state index contributed by atoms with van der Waals surface area (Å²) in [5.41, 5.74) is 2.65. The topological polar surface area (TPSA) is 137 Å². The molecule has 148 valence electrons. The summed E-state index contributed by atoms with van der Waals surface area (Å²) in [6.45, 7) is 7.21. The highest BCUT2D eigenvalue weighted by atomic mass is 16.5. The van der Waals surface area contributed by atoms with Crippen molar-refractivity contribution in [1.82, 2.24) is 21.1 Å². The van der Waals surface area contributed by atoms with E-state index in [-0.39, 0.29) is 12.5 Å². The number of alkyl carbamates (subject to hydrolysis) is 1. The molecule has 10 nitrogen and oxygen atoms in total. The second kappa shape index (κ2) is 9.95. The van der Waals surface area contributed by atoms with Crippen LogP contribution >= 0.6 is 0 Å². The fraction of sp³-hybridized carbons (Fsp3) is 0.750. The summed E-state index contributed by atoms with van der Waals surface area (Å²) < 4.78 is 4.78. The van der Waals surface area contributed by atoms with Gasteiger partial charge in [0.1, 0.15) is 18.1 Å². The number of carboxylic acid groups (broad SMARTS) is 1. The van der Waals surface area contributed by atoms with Crippen LogP contribution in [-0.2, 0) is 19.1 Å². The van der Waals surface area contributed by atoms with Gasteiger partial charge in [0, 0.05) is 6.54 Å². The standard InChI is InChI=1S/C16H28N4O6/c1-5-26-16(25)18-12(9(2)3)13(21)17-10(4)14(22)20-8-6-7-11(19-20)15(23)24/h9-12,19H,5-8H2,1-4H3,(H,17,21)(H,18,25)(H,23,24)/t10-,11?,12?/m0/s1. The molecule has 26 heavy (non-hydrogen) atoms. The number of nitrogens with zero attached hydrogens (tertiary/aromatic N) is 1. The van der Waals surface area contributed by atoms with Crippen LogP contribution < -0.4 is 16.1 Å². The number of carboxylic acids is 1. The Morgan fingerprint density at radius 1 is 1.23 bits per heavy atom. The van der Waals surface area contributed by atoms with Crippen LogP contribution in [0.3, 0.4) is 0 Å². The van der Waals surface area contributed by atoms with Gasteiger partial charge in [-0.3, -0.25) is 19.4 Å². The summed E-state index contributed by atoms with van der Waals surface area (Å²) in [6.07, 6.45) is 0.274. The van der Waals surface area contributed by atoms with Crippen molar-refractivity contribution in [2.45, 2.75) is 58.7 Å². The predicted molar refractivity (Wildman–Crippen MR) is 91.9 cm³/mol. The van der Waals surface area contributed by atoms with E-state index in [9.17, 15) is 19.2 Å². The second-order valence-corrected chi connectivity index (χ2v) is 6.47. The van der Waals surface area contributed by atoms with Crippen molar-refractivity contribution >= 4 is 23.9 Å². The first-order valence-electron chi connectivity index (χ1n) is 8.71. The van der Waals surface area contributed by atoms with Gasteiger partial charge >= 0.3 is 12.1 Å². The van der Waals surface area contributed by atoms with Crippen molar-refractivity contribution in [1.29, 1.82) is 0 Å².